The van der Waals surface area contributed by atoms with Gasteiger partial charge in [-0.1, -0.05) is 27.7 Å². The molecule has 0 aromatic rings. The van der Waals surface area contributed by atoms with Crippen LogP contribution in [-0.2, 0) is 0 Å². The average molecular weight is 243 g/mol. The zero-order valence-electron chi connectivity index (χ0n) is 11.7. The quantitative estimate of drug-likeness (QED) is 0.781. The molecule has 2 unspecified atom stereocenters. The summed E-state index contributed by atoms with van der Waals surface area (Å²) in [5, 5.41) is 3.72. The van der Waals surface area contributed by atoms with Gasteiger partial charge in [0.15, 0.2) is 0 Å². The largest absolute Gasteiger partial charge is 0.313 e. The Hall–Kier alpha value is 0.310. The van der Waals surface area contributed by atoms with Crippen molar-refractivity contribution in [2.75, 3.05) is 12.3 Å². The minimum Gasteiger partial charge on any atom is -0.313 e. The van der Waals surface area contributed by atoms with Crippen molar-refractivity contribution in [3.63, 3.8) is 0 Å². The molecule has 0 aromatic carbocycles. The van der Waals surface area contributed by atoms with Gasteiger partial charge in [0.2, 0.25) is 0 Å². The molecule has 0 aromatic heterocycles. The summed E-state index contributed by atoms with van der Waals surface area (Å²) < 4.78 is 0.487. The molecule has 2 heteroatoms. The van der Waals surface area contributed by atoms with Crippen molar-refractivity contribution in [3.8, 4) is 0 Å². The molecule has 2 atom stereocenters. The normalized spacial score (nSPS) is 28.3. The van der Waals surface area contributed by atoms with Crippen LogP contribution in [0, 0.1) is 5.41 Å². The Bertz CT molecular complexity index is 201. The van der Waals surface area contributed by atoms with Gasteiger partial charge in [-0.25, -0.2) is 0 Å². The Balaban J connectivity index is 2.53. The molecule has 0 radical (unpaired) electrons. The predicted octanol–water partition coefficient (Wildman–Crippen LogP) is 4.08. The predicted molar refractivity (Wildman–Crippen MR) is 76.3 cm³/mol. The Morgan fingerprint density at radius 2 is 2.06 bits per heavy atom. The maximum absolute atomic E-state index is 3.72. The van der Waals surface area contributed by atoms with Gasteiger partial charge in [-0.2, -0.15) is 11.8 Å². The van der Waals surface area contributed by atoms with E-state index in [0.29, 0.717) is 16.2 Å². The van der Waals surface area contributed by atoms with Crippen LogP contribution in [0.1, 0.15) is 60.3 Å². The van der Waals surface area contributed by atoms with E-state index in [1.54, 1.807) is 0 Å². The van der Waals surface area contributed by atoms with E-state index < -0.39 is 0 Å². The van der Waals surface area contributed by atoms with Crippen molar-refractivity contribution in [1.82, 2.24) is 5.32 Å². The zero-order valence-corrected chi connectivity index (χ0v) is 12.5. The lowest BCUT2D eigenvalue weighted by Crippen LogP contribution is -2.45. The fourth-order valence-corrected chi connectivity index (χ4v) is 3.97. The van der Waals surface area contributed by atoms with Gasteiger partial charge >= 0.3 is 0 Å². The number of thioether (sulfide) groups is 1. The highest BCUT2D eigenvalue weighted by Crippen LogP contribution is 2.42. The molecule has 0 saturated carbocycles. The third-order valence-corrected chi connectivity index (χ3v) is 5.26. The topological polar surface area (TPSA) is 12.0 Å². The third kappa shape index (κ3) is 4.29. The summed E-state index contributed by atoms with van der Waals surface area (Å²) in [6, 6.07) is 0.698. The number of hydrogen-bond acceptors (Lipinski definition) is 2. The van der Waals surface area contributed by atoms with Crippen molar-refractivity contribution in [2.45, 2.75) is 71.1 Å². The minimum atomic E-state index is 0.466. The summed E-state index contributed by atoms with van der Waals surface area (Å²) in [6.45, 7) is 12.8. The highest BCUT2D eigenvalue weighted by atomic mass is 32.2. The lowest BCUT2D eigenvalue weighted by atomic mass is 9.84. The van der Waals surface area contributed by atoms with Gasteiger partial charge in [-0.3, -0.25) is 0 Å². The SMILES string of the molecule is CCNC(CCC(C)(C)C)C1(C)CCCS1. The Morgan fingerprint density at radius 1 is 1.38 bits per heavy atom. The Labute approximate surface area is 106 Å². The minimum absolute atomic E-state index is 0.466. The van der Waals surface area contributed by atoms with E-state index >= 15 is 0 Å². The molecular formula is C14H29NS. The van der Waals surface area contributed by atoms with E-state index in [0.717, 1.165) is 6.54 Å². The summed E-state index contributed by atoms with van der Waals surface area (Å²) >= 11 is 2.18. The van der Waals surface area contributed by atoms with E-state index in [-0.39, 0.29) is 0 Å². The molecule has 0 amide bonds. The highest BCUT2D eigenvalue weighted by molar-refractivity contribution is 8.00. The first-order valence-corrected chi connectivity index (χ1v) is 7.73. The lowest BCUT2D eigenvalue weighted by molar-refractivity contribution is 0.301. The van der Waals surface area contributed by atoms with Crippen LogP contribution in [0.15, 0.2) is 0 Å². The first kappa shape index (κ1) is 14.4. The molecule has 1 fully saturated rings. The van der Waals surface area contributed by atoms with Crippen LogP contribution in [0.4, 0.5) is 0 Å². The number of nitrogens with one attached hydrogen (secondary N) is 1. The van der Waals surface area contributed by atoms with Gasteiger partial charge in [0, 0.05) is 10.8 Å². The highest BCUT2D eigenvalue weighted by Gasteiger charge is 2.37. The van der Waals surface area contributed by atoms with E-state index in [4.69, 9.17) is 0 Å². The summed E-state index contributed by atoms with van der Waals surface area (Å²) in [7, 11) is 0. The number of hydrogen-bond donors (Lipinski definition) is 1. The van der Waals surface area contributed by atoms with Crippen LogP contribution in [0.3, 0.4) is 0 Å². The number of rotatable bonds is 5. The van der Waals surface area contributed by atoms with Crippen LogP contribution in [-0.4, -0.2) is 23.1 Å². The van der Waals surface area contributed by atoms with Crippen molar-refractivity contribution >= 4 is 11.8 Å². The van der Waals surface area contributed by atoms with Crippen LogP contribution in [0.25, 0.3) is 0 Å². The summed E-state index contributed by atoms with van der Waals surface area (Å²) in [6.07, 6.45) is 5.43. The standard InChI is InChI=1S/C14H29NS/c1-6-15-12(8-10-13(2,3)4)14(5)9-7-11-16-14/h12,15H,6-11H2,1-5H3. The zero-order chi connectivity index (χ0) is 12.2. The molecular weight excluding hydrogens is 214 g/mol. The van der Waals surface area contributed by atoms with Crippen LogP contribution >= 0.6 is 11.8 Å². The second kappa shape index (κ2) is 5.77. The molecule has 0 aliphatic carbocycles. The first-order valence-electron chi connectivity index (χ1n) is 6.75. The molecule has 96 valence electrons. The fourth-order valence-electron chi connectivity index (χ4n) is 2.52. The maximum atomic E-state index is 3.72. The monoisotopic (exact) mass is 243 g/mol. The van der Waals surface area contributed by atoms with Gasteiger partial charge in [0.25, 0.3) is 0 Å². The molecule has 0 spiro atoms. The fraction of sp³-hybridized carbons (Fsp3) is 1.00. The maximum Gasteiger partial charge on any atom is 0.0285 e. The van der Waals surface area contributed by atoms with Crippen molar-refractivity contribution in [1.29, 1.82) is 0 Å². The van der Waals surface area contributed by atoms with Gasteiger partial charge in [-0.15, -0.1) is 0 Å². The Kier molecular flexibility index (Phi) is 5.18. The van der Waals surface area contributed by atoms with Crippen molar-refractivity contribution in [2.24, 2.45) is 5.41 Å². The molecule has 1 aliphatic heterocycles. The molecule has 1 heterocycles. The average Bonchev–Trinajstić information content (AvgIpc) is 2.59. The van der Waals surface area contributed by atoms with E-state index in [9.17, 15) is 0 Å². The van der Waals surface area contributed by atoms with E-state index in [2.05, 4.69) is 51.7 Å². The molecule has 16 heavy (non-hydrogen) atoms. The summed E-state index contributed by atoms with van der Waals surface area (Å²) in [5.74, 6) is 1.36. The van der Waals surface area contributed by atoms with Crippen molar-refractivity contribution in [3.05, 3.63) is 0 Å². The second-order valence-corrected chi connectivity index (χ2v) is 8.10. The van der Waals surface area contributed by atoms with E-state index in [1.807, 2.05) is 0 Å². The van der Waals surface area contributed by atoms with Crippen molar-refractivity contribution < 1.29 is 0 Å². The van der Waals surface area contributed by atoms with Gasteiger partial charge in [0.1, 0.15) is 0 Å². The second-order valence-electron chi connectivity index (χ2n) is 6.47. The molecule has 0 bridgehead atoms. The molecule has 1 N–H and O–H groups in total. The van der Waals surface area contributed by atoms with Crippen LogP contribution in [0.5, 0.6) is 0 Å². The summed E-state index contributed by atoms with van der Waals surface area (Å²) in [4.78, 5) is 0. The Morgan fingerprint density at radius 3 is 2.50 bits per heavy atom. The molecule has 1 nitrogen and oxygen atoms in total. The molecule has 1 saturated heterocycles. The van der Waals surface area contributed by atoms with Crippen LogP contribution < -0.4 is 5.32 Å². The van der Waals surface area contributed by atoms with Gasteiger partial charge < -0.3 is 5.32 Å². The van der Waals surface area contributed by atoms with Crippen LogP contribution in [0.2, 0.25) is 0 Å². The van der Waals surface area contributed by atoms with Gasteiger partial charge in [0.05, 0.1) is 0 Å². The molecule has 1 rings (SSSR count). The first-order chi connectivity index (χ1) is 7.37. The third-order valence-electron chi connectivity index (χ3n) is 3.62. The lowest BCUT2D eigenvalue weighted by Gasteiger charge is -2.35. The van der Waals surface area contributed by atoms with Gasteiger partial charge in [-0.05, 0) is 50.3 Å². The van der Waals surface area contributed by atoms with E-state index in [1.165, 1.54) is 31.4 Å². The smallest absolute Gasteiger partial charge is 0.0285 e. The summed E-state index contributed by atoms with van der Waals surface area (Å²) in [5.41, 5.74) is 0.466. The molecule has 1 aliphatic rings.